The molecule has 7 nitrogen and oxygen atoms in total. The van der Waals surface area contributed by atoms with Gasteiger partial charge in [0.2, 0.25) is 11.9 Å². The third kappa shape index (κ3) is 3.99. The van der Waals surface area contributed by atoms with Crippen molar-refractivity contribution in [3.8, 4) is 11.3 Å². The highest BCUT2D eigenvalue weighted by atomic mass is 35.5. The first-order valence-corrected chi connectivity index (χ1v) is 11.5. The molecule has 0 bridgehead atoms. The summed E-state index contributed by atoms with van der Waals surface area (Å²) < 4.78 is 15.8. The number of nitrogens with zero attached hydrogens (tertiary/aromatic N) is 7. The molecule has 168 valence electrons. The summed E-state index contributed by atoms with van der Waals surface area (Å²) in [7, 11) is 2.02. The number of anilines is 3. The minimum absolute atomic E-state index is 0.0995. The maximum Gasteiger partial charge on any atom is 0.228 e. The molecule has 0 amide bonds. The van der Waals surface area contributed by atoms with Gasteiger partial charge >= 0.3 is 0 Å². The van der Waals surface area contributed by atoms with Crippen molar-refractivity contribution in [1.29, 1.82) is 0 Å². The van der Waals surface area contributed by atoms with Gasteiger partial charge in [-0.05, 0) is 38.0 Å². The molecule has 32 heavy (non-hydrogen) atoms. The van der Waals surface area contributed by atoms with Crippen molar-refractivity contribution in [1.82, 2.24) is 19.5 Å². The van der Waals surface area contributed by atoms with E-state index in [0.29, 0.717) is 6.04 Å². The Bertz CT molecular complexity index is 1110. The molecule has 2 aliphatic rings. The number of hydrogen-bond donors (Lipinski definition) is 0. The zero-order chi connectivity index (χ0) is 22.2. The lowest BCUT2D eigenvalue weighted by molar-refractivity contribution is 0.623. The van der Waals surface area contributed by atoms with Gasteiger partial charge in [0.1, 0.15) is 11.6 Å². The zero-order valence-electron chi connectivity index (χ0n) is 18.4. The van der Waals surface area contributed by atoms with Crippen LogP contribution >= 0.6 is 11.6 Å². The van der Waals surface area contributed by atoms with Crippen molar-refractivity contribution in [3.05, 3.63) is 47.5 Å². The van der Waals surface area contributed by atoms with Crippen LogP contribution in [0.25, 0.3) is 11.3 Å². The van der Waals surface area contributed by atoms with E-state index in [4.69, 9.17) is 21.6 Å². The lowest BCUT2D eigenvalue weighted by atomic mass is 10.1. The highest BCUT2D eigenvalue weighted by molar-refractivity contribution is 6.31. The quantitative estimate of drug-likeness (QED) is 0.593. The SMILES string of the molecule is CC1CCCN1c1nc(-c2ccc(F)c(Cl)c2)cc(N2CCN(c3nccn3C)CC2)n1. The number of hydrogen-bond acceptors (Lipinski definition) is 6. The van der Waals surface area contributed by atoms with E-state index in [1.54, 1.807) is 12.1 Å². The van der Waals surface area contributed by atoms with Gasteiger partial charge < -0.3 is 19.3 Å². The summed E-state index contributed by atoms with van der Waals surface area (Å²) >= 11 is 6.07. The van der Waals surface area contributed by atoms with Gasteiger partial charge in [0.05, 0.1) is 10.7 Å². The lowest BCUT2D eigenvalue weighted by Crippen LogP contribution is -2.47. The summed E-state index contributed by atoms with van der Waals surface area (Å²) in [5.74, 6) is 2.18. The van der Waals surface area contributed by atoms with Crippen LogP contribution < -0.4 is 14.7 Å². The number of imidazole rings is 1. The molecule has 3 aromatic rings. The monoisotopic (exact) mass is 455 g/mol. The van der Waals surface area contributed by atoms with E-state index in [0.717, 1.165) is 74.5 Å². The Kier molecular flexibility index (Phi) is 5.63. The first-order chi connectivity index (χ1) is 15.5. The normalized spacial score (nSPS) is 19.1. The second-order valence-corrected chi connectivity index (χ2v) is 8.94. The third-order valence-electron chi connectivity index (χ3n) is 6.41. The van der Waals surface area contributed by atoms with Crippen LogP contribution in [0.2, 0.25) is 5.02 Å². The maximum absolute atomic E-state index is 13.7. The fourth-order valence-corrected chi connectivity index (χ4v) is 4.72. The number of aryl methyl sites for hydroxylation is 1. The Labute approximate surface area is 192 Å². The Balaban J connectivity index is 1.46. The smallest absolute Gasteiger partial charge is 0.228 e. The van der Waals surface area contributed by atoms with Crippen LogP contribution in [0.3, 0.4) is 0 Å². The molecule has 1 unspecified atom stereocenters. The van der Waals surface area contributed by atoms with Gasteiger partial charge in [-0.15, -0.1) is 0 Å². The van der Waals surface area contributed by atoms with Crippen LogP contribution in [0.15, 0.2) is 36.7 Å². The van der Waals surface area contributed by atoms with E-state index >= 15 is 0 Å². The number of rotatable bonds is 4. The molecule has 4 heterocycles. The number of benzene rings is 1. The first kappa shape index (κ1) is 21.0. The minimum atomic E-state index is -0.427. The van der Waals surface area contributed by atoms with E-state index in [-0.39, 0.29) is 5.02 Å². The summed E-state index contributed by atoms with van der Waals surface area (Å²) in [5.41, 5.74) is 1.55. The Hall–Kier alpha value is -2.87. The molecular weight excluding hydrogens is 429 g/mol. The molecule has 2 aromatic heterocycles. The highest BCUT2D eigenvalue weighted by Crippen LogP contribution is 2.31. The first-order valence-electron chi connectivity index (χ1n) is 11.1. The van der Waals surface area contributed by atoms with Crippen molar-refractivity contribution in [2.24, 2.45) is 7.05 Å². The molecule has 1 atom stereocenters. The van der Waals surface area contributed by atoms with Gasteiger partial charge in [0, 0.05) is 69.8 Å². The predicted molar refractivity (Wildman–Crippen MR) is 126 cm³/mol. The molecule has 0 N–H and O–H groups in total. The molecule has 5 rings (SSSR count). The van der Waals surface area contributed by atoms with Gasteiger partial charge in [-0.2, -0.15) is 4.98 Å². The standard InChI is InChI=1S/C23H27ClFN7/c1-16-4-3-8-32(16)22-27-20(17-5-6-19(25)18(24)14-17)15-21(28-22)30-10-12-31(13-11-30)23-26-7-9-29(23)2/h5-7,9,14-16H,3-4,8,10-13H2,1-2H3. The van der Waals surface area contributed by atoms with Crippen LogP contribution in [0.5, 0.6) is 0 Å². The van der Waals surface area contributed by atoms with Crippen LogP contribution in [0.4, 0.5) is 22.1 Å². The fourth-order valence-electron chi connectivity index (χ4n) is 4.54. The summed E-state index contributed by atoms with van der Waals surface area (Å²) in [5, 5.41) is 0.0995. The molecule has 0 radical (unpaired) electrons. The summed E-state index contributed by atoms with van der Waals surface area (Å²) in [6, 6.07) is 7.14. The number of halogens is 2. The molecule has 9 heteroatoms. The average Bonchev–Trinajstić information content (AvgIpc) is 3.43. The number of aromatic nitrogens is 4. The van der Waals surface area contributed by atoms with Crippen molar-refractivity contribution in [2.45, 2.75) is 25.8 Å². The second-order valence-electron chi connectivity index (χ2n) is 8.54. The van der Waals surface area contributed by atoms with Crippen molar-refractivity contribution in [2.75, 3.05) is 47.4 Å². The van der Waals surface area contributed by atoms with Gasteiger partial charge in [-0.1, -0.05) is 11.6 Å². The van der Waals surface area contributed by atoms with Crippen LogP contribution in [0.1, 0.15) is 19.8 Å². The Morgan fingerprint density at radius 1 is 1.03 bits per heavy atom. The summed E-state index contributed by atoms with van der Waals surface area (Å²) in [4.78, 5) is 21.1. The molecule has 0 saturated carbocycles. The second kappa shape index (κ2) is 8.58. The van der Waals surface area contributed by atoms with Gasteiger partial charge in [0.25, 0.3) is 0 Å². The maximum atomic E-state index is 13.7. The Morgan fingerprint density at radius 3 is 2.47 bits per heavy atom. The molecule has 2 aliphatic heterocycles. The fraction of sp³-hybridized carbons (Fsp3) is 0.435. The molecule has 0 aliphatic carbocycles. The van der Waals surface area contributed by atoms with E-state index in [1.807, 2.05) is 30.1 Å². The highest BCUT2D eigenvalue weighted by Gasteiger charge is 2.26. The molecular formula is C23H27ClFN7. The summed E-state index contributed by atoms with van der Waals surface area (Å²) in [6.07, 6.45) is 6.06. The summed E-state index contributed by atoms with van der Waals surface area (Å²) in [6.45, 7) is 6.55. The topological polar surface area (TPSA) is 53.3 Å². The van der Waals surface area contributed by atoms with Crippen LogP contribution in [0, 0.1) is 5.82 Å². The van der Waals surface area contributed by atoms with Gasteiger partial charge in [-0.25, -0.2) is 14.4 Å². The Morgan fingerprint density at radius 2 is 1.81 bits per heavy atom. The van der Waals surface area contributed by atoms with Crippen molar-refractivity contribution >= 4 is 29.3 Å². The van der Waals surface area contributed by atoms with Crippen molar-refractivity contribution < 1.29 is 4.39 Å². The van der Waals surface area contributed by atoms with Gasteiger partial charge in [-0.3, -0.25) is 0 Å². The third-order valence-corrected chi connectivity index (χ3v) is 6.70. The number of piperazine rings is 1. The van der Waals surface area contributed by atoms with E-state index in [2.05, 4.69) is 26.6 Å². The zero-order valence-corrected chi connectivity index (χ0v) is 19.1. The van der Waals surface area contributed by atoms with E-state index in [9.17, 15) is 4.39 Å². The largest absolute Gasteiger partial charge is 0.353 e. The lowest BCUT2D eigenvalue weighted by Gasteiger charge is -2.36. The minimum Gasteiger partial charge on any atom is -0.353 e. The van der Waals surface area contributed by atoms with Crippen molar-refractivity contribution in [3.63, 3.8) is 0 Å². The van der Waals surface area contributed by atoms with Crippen LogP contribution in [-0.4, -0.2) is 58.3 Å². The van der Waals surface area contributed by atoms with Gasteiger partial charge in [0.15, 0.2) is 0 Å². The molecule has 1 aromatic carbocycles. The van der Waals surface area contributed by atoms with E-state index in [1.165, 1.54) is 6.07 Å². The van der Waals surface area contributed by atoms with Crippen LogP contribution in [-0.2, 0) is 7.05 Å². The van der Waals surface area contributed by atoms with E-state index < -0.39 is 5.82 Å². The average molecular weight is 456 g/mol. The molecule has 0 spiro atoms. The molecule has 2 fully saturated rings. The predicted octanol–water partition coefficient (Wildman–Crippen LogP) is 3.98. The molecule has 2 saturated heterocycles.